The molecule has 1 aliphatic carbocycles. The third-order valence-electron chi connectivity index (χ3n) is 4.50. The third kappa shape index (κ3) is 4.26. The van der Waals surface area contributed by atoms with Gasteiger partial charge >= 0.3 is 0 Å². The lowest BCUT2D eigenvalue weighted by molar-refractivity contribution is -0.117. The van der Waals surface area contributed by atoms with Crippen molar-refractivity contribution in [3.8, 4) is 0 Å². The number of amides is 1. The number of carbonyl (C=O) groups is 1. The van der Waals surface area contributed by atoms with Gasteiger partial charge in [0.1, 0.15) is 24.4 Å². The zero-order chi connectivity index (χ0) is 20.5. The van der Waals surface area contributed by atoms with Crippen molar-refractivity contribution in [3.05, 3.63) is 58.4 Å². The number of anilines is 1. The Kier molecular flexibility index (Phi) is 5.27. The van der Waals surface area contributed by atoms with Crippen molar-refractivity contribution in [2.75, 3.05) is 5.32 Å². The highest BCUT2D eigenvalue weighted by atomic mass is 35.5. The van der Waals surface area contributed by atoms with Crippen molar-refractivity contribution in [2.24, 2.45) is 0 Å². The minimum Gasteiger partial charge on any atom is -0.292 e. The normalized spacial score (nSPS) is 13.8. The molecule has 1 aromatic carbocycles. The van der Waals surface area contributed by atoms with Gasteiger partial charge in [-0.3, -0.25) is 14.8 Å². The van der Waals surface area contributed by atoms with Gasteiger partial charge in [0.05, 0.1) is 17.3 Å². The van der Waals surface area contributed by atoms with Crippen LogP contribution < -0.4 is 5.32 Å². The summed E-state index contributed by atoms with van der Waals surface area (Å²) in [4.78, 5) is 16.3. The van der Waals surface area contributed by atoms with Crippen molar-refractivity contribution in [3.63, 3.8) is 0 Å². The molecule has 0 unspecified atom stereocenters. The minimum atomic E-state index is -2.82. The molecule has 0 spiro atoms. The van der Waals surface area contributed by atoms with Crippen LogP contribution >= 0.6 is 11.6 Å². The van der Waals surface area contributed by atoms with Crippen molar-refractivity contribution < 1.29 is 18.0 Å². The van der Waals surface area contributed by atoms with E-state index in [1.807, 2.05) is 0 Å². The molecule has 1 fully saturated rings. The molecule has 7 nitrogen and oxygen atoms in total. The standard InChI is InChI=1S/C18H16ClF3N6O/c19-14-15(17(21)22)25-28(16(14)10-5-6-10)8-13(29)24-18-23-9-27(26-18)7-11-3-1-2-4-12(11)20/h1-4,9-10,17H,5-8H2,(H,24,26,29). The third-order valence-corrected chi connectivity index (χ3v) is 4.89. The molecule has 0 radical (unpaired) electrons. The second-order valence-electron chi connectivity index (χ2n) is 6.72. The van der Waals surface area contributed by atoms with Gasteiger partial charge in [0.25, 0.3) is 6.43 Å². The molecule has 0 aliphatic heterocycles. The molecule has 0 saturated heterocycles. The van der Waals surface area contributed by atoms with Crippen LogP contribution in [0, 0.1) is 5.82 Å². The first-order chi connectivity index (χ1) is 13.9. The van der Waals surface area contributed by atoms with Gasteiger partial charge in [-0.25, -0.2) is 22.8 Å². The van der Waals surface area contributed by atoms with Crippen molar-refractivity contribution in [1.82, 2.24) is 24.5 Å². The highest BCUT2D eigenvalue weighted by molar-refractivity contribution is 6.32. The summed E-state index contributed by atoms with van der Waals surface area (Å²) >= 11 is 6.04. The van der Waals surface area contributed by atoms with Gasteiger partial charge in [0.2, 0.25) is 11.9 Å². The van der Waals surface area contributed by atoms with E-state index < -0.39 is 18.0 Å². The molecular weight excluding hydrogens is 409 g/mol. The first kappa shape index (κ1) is 19.4. The van der Waals surface area contributed by atoms with E-state index in [0.717, 1.165) is 12.8 Å². The summed E-state index contributed by atoms with van der Waals surface area (Å²) in [5.41, 5.74) is 0.360. The Balaban J connectivity index is 1.44. The number of benzene rings is 1. The molecule has 3 aromatic rings. The number of rotatable bonds is 7. The summed E-state index contributed by atoms with van der Waals surface area (Å²) in [6, 6.07) is 6.26. The number of nitrogens with one attached hydrogen (secondary N) is 1. The van der Waals surface area contributed by atoms with Gasteiger partial charge in [-0.1, -0.05) is 29.8 Å². The zero-order valence-electron chi connectivity index (χ0n) is 15.0. The summed E-state index contributed by atoms with van der Waals surface area (Å²) in [5.74, 6) is -0.845. The van der Waals surface area contributed by atoms with Crippen LogP contribution in [-0.2, 0) is 17.9 Å². The molecule has 11 heteroatoms. The van der Waals surface area contributed by atoms with Gasteiger partial charge in [-0.15, -0.1) is 5.10 Å². The fraction of sp³-hybridized carbons (Fsp3) is 0.333. The highest BCUT2D eigenvalue weighted by Gasteiger charge is 2.34. The van der Waals surface area contributed by atoms with Crippen LogP contribution in [0.2, 0.25) is 5.02 Å². The fourth-order valence-electron chi connectivity index (χ4n) is 3.01. The molecule has 4 rings (SSSR count). The quantitative estimate of drug-likeness (QED) is 0.626. The smallest absolute Gasteiger partial charge is 0.283 e. The van der Waals surface area contributed by atoms with Gasteiger partial charge in [-0.05, 0) is 18.9 Å². The summed E-state index contributed by atoms with van der Waals surface area (Å²) < 4.78 is 42.5. The molecule has 2 heterocycles. The summed E-state index contributed by atoms with van der Waals surface area (Å²) in [6.45, 7) is -0.145. The number of hydrogen-bond donors (Lipinski definition) is 1. The second-order valence-corrected chi connectivity index (χ2v) is 7.10. The number of carbonyl (C=O) groups excluding carboxylic acids is 1. The van der Waals surface area contributed by atoms with Crippen molar-refractivity contribution >= 4 is 23.5 Å². The Hall–Kier alpha value is -2.88. The zero-order valence-corrected chi connectivity index (χ0v) is 15.8. The molecule has 1 aliphatic rings. The van der Waals surface area contributed by atoms with E-state index in [4.69, 9.17) is 11.6 Å². The number of halogens is 4. The van der Waals surface area contributed by atoms with E-state index in [-0.39, 0.29) is 35.8 Å². The molecule has 1 amide bonds. The lowest BCUT2D eigenvalue weighted by atomic mass is 10.2. The van der Waals surface area contributed by atoms with Crippen LogP contribution in [0.1, 0.15) is 42.1 Å². The predicted octanol–water partition coefficient (Wildman–Crippen LogP) is 3.77. The molecule has 0 bridgehead atoms. The molecule has 152 valence electrons. The Morgan fingerprint density at radius 1 is 1.28 bits per heavy atom. The summed E-state index contributed by atoms with van der Waals surface area (Å²) in [7, 11) is 0. The van der Waals surface area contributed by atoms with Crippen LogP contribution in [-0.4, -0.2) is 30.5 Å². The topological polar surface area (TPSA) is 77.6 Å². The Bertz CT molecular complexity index is 1050. The fourth-order valence-corrected chi connectivity index (χ4v) is 3.38. The van der Waals surface area contributed by atoms with E-state index in [0.29, 0.717) is 11.3 Å². The second kappa shape index (κ2) is 7.86. The summed E-state index contributed by atoms with van der Waals surface area (Å²) in [5, 5.41) is 10.3. The molecule has 1 saturated carbocycles. The first-order valence-electron chi connectivity index (χ1n) is 8.89. The molecule has 0 atom stereocenters. The lowest BCUT2D eigenvalue weighted by Gasteiger charge is -2.06. The molecule has 29 heavy (non-hydrogen) atoms. The maximum atomic E-state index is 13.7. The number of nitrogens with zero attached hydrogens (tertiary/aromatic N) is 5. The van der Waals surface area contributed by atoms with Gasteiger partial charge in [-0.2, -0.15) is 5.10 Å². The van der Waals surface area contributed by atoms with Gasteiger partial charge in [0, 0.05) is 11.5 Å². The van der Waals surface area contributed by atoms with Crippen molar-refractivity contribution in [2.45, 2.75) is 38.3 Å². The number of hydrogen-bond acceptors (Lipinski definition) is 4. The Labute approximate surface area is 168 Å². The van der Waals surface area contributed by atoms with Crippen LogP contribution in [0.25, 0.3) is 0 Å². The summed E-state index contributed by atoms with van der Waals surface area (Å²) in [6.07, 6.45) is 0.173. The van der Waals surface area contributed by atoms with Gasteiger partial charge in [0.15, 0.2) is 0 Å². The van der Waals surface area contributed by atoms with E-state index in [1.54, 1.807) is 18.2 Å². The van der Waals surface area contributed by atoms with Crippen LogP contribution in [0.15, 0.2) is 30.6 Å². The molecular formula is C18H16ClF3N6O. The van der Waals surface area contributed by atoms with Gasteiger partial charge < -0.3 is 0 Å². The number of aromatic nitrogens is 5. The van der Waals surface area contributed by atoms with Crippen molar-refractivity contribution in [1.29, 1.82) is 0 Å². The van der Waals surface area contributed by atoms with E-state index in [2.05, 4.69) is 20.5 Å². The lowest BCUT2D eigenvalue weighted by Crippen LogP contribution is -2.21. The average molecular weight is 425 g/mol. The predicted molar refractivity (Wildman–Crippen MR) is 98.3 cm³/mol. The Morgan fingerprint density at radius 2 is 2.03 bits per heavy atom. The monoisotopic (exact) mass is 424 g/mol. The first-order valence-corrected chi connectivity index (χ1v) is 9.27. The van der Waals surface area contributed by atoms with Crippen LogP contribution in [0.5, 0.6) is 0 Å². The average Bonchev–Trinajstić information content (AvgIpc) is 3.32. The highest BCUT2D eigenvalue weighted by Crippen LogP contribution is 2.45. The van der Waals surface area contributed by atoms with Crippen LogP contribution in [0.4, 0.5) is 19.1 Å². The Morgan fingerprint density at radius 3 is 2.72 bits per heavy atom. The van der Waals surface area contributed by atoms with E-state index in [9.17, 15) is 18.0 Å². The largest absolute Gasteiger partial charge is 0.292 e. The van der Waals surface area contributed by atoms with E-state index >= 15 is 0 Å². The molecule has 1 N–H and O–H groups in total. The molecule has 2 aromatic heterocycles. The maximum Gasteiger partial charge on any atom is 0.283 e. The number of alkyl halides is 2. The SMILES string of the molecule is O=C(Cn1nc(C(F)F)c(Cl)c1C1CC1)Nc1ncn(Cc2ccccc2F)n1. The van der Waals surface area contributed by atoms with E-state index in [1.165, 1.54) is 21.8 Å². The maximum absolute atomic E-state index is 13.7. The van der Waals surface area contributed by atoms with Crippen LogP contribution in [0.3, 0.4) is 0 Å². The minimum absolute atomic E-state index is 0.0200.